The van der Waals surface area contributed by atoms with E-state index in [1.807, 2.05) is 0 Å². The normalized spacial score (nSPS) is 11.3. The van der Waals surface area contributed by atoms with Gasteiger partial charge >= 0.3 is 0 Å². The number of fused-ring (bicyclic) bond motifs is 2. The molecule has 0 atom stereocenters. The summed E-state index contributed by atoms with van der Waals surface area (Å²) in [6.45, 7) is 0. The molecule has 0 spiro atoms. The number of imidazole rings is 2. The van der Waals surface area contributed by atoms with Crippen LogP contribution in [-0.4, -0.2) is 9.13 Å². The molecule has 0 bridgehead atoms. The highest BCUT2D eigenvalue weighted by molar-refractivity contribution is 5.86. The molecule has 4 nitrogen and oxygen atoms in total. The van der Waals surface area contributed by atoms with Crippen molar-refractivity contribution in [2.45, 2.75) is 0 Å². The van der Waals surface area contributed by atoms with Crippen LogP contribution in [0.4, 0.5) is 0 Å². The zero-order valence-corrected chi connectivity index (χ0v) is 32.9. The Bertz CT molecular complexity index is 2960. The van der Waals surface area contributed by atoms with Crippen LogP contribution in [0.3, 0.4) is 0 Å². The highest BCUT2D eigenvalue weighted by atomic mass is 15.2. The average molecular weight is 769 g/mol. The lowest BCUT2D eigenvalue weighted by Crippen LogP contribution is -2.31. The summed E-state index contributed by atoms with van der Waals surface area (Å²) >= 11 is 0. The van der Waals surface area contributed by atoms with Gasteiger partial charge in [0, 0.05) is 28.3 Å². The number of hydrogen-bond acceptors (Lipinski definition) is 0. The topological polar surface area (TPSA) is 17.6 Å². The van der Waals surface area contributed by atoms with Crippen LogP contribution >= 0.6 is 0 Å². The van der Waals surface area contributed by atoms with Crippen LogP contribution in [0.25, 0.3) is 89.3 Å². The standard InChI is InChI=1S/C56H40N4/c1-5-20-41(21-6-1)47-30-18-31-48(42-22-7-2-8-23-42)55(47)59-39-57(51-34-13-15-36-53(51)59)45-28-17-29-46(38-45)58-40-60(54-37-16-14-35-52(54)58)56-49(43-24-9-3-10-25-43)32-19-33-50(56)44-26-11-4-12-27-44/h1-40H/q+2. The van der Waals surface area contributed by atoms with E-state index in [9.17, 15) is 0 Å². The van der Waals surface area contributed by atoms with Gasteiger partial charge in [-0.2, -0.15) is 18.3 Å². The lowest BCUT2D eigenvalue weighted by atomic mass is 9.95. The Morgan fingerprint density at radius 3 is 0.917 bits per heavy atom. The molecule has 0 unspecified atom stereocenters. The third-order valence-electron chi connectivity index (χ3n) is 11.5. The zero-order chi connectivity index (χ0) is 39.8. The molecule has 0 radical (unpaired) electrons. The molecule has 0 saturated heterocycles. The maximum Gasteiger partial charge on any atom is 0.255 e. The van der Waals surface area contributed by atoms with E-state index in [4.69, 9.17) is 0 Å². The third-order valence-corrected chi connectivity index (χ3v) is 11.5. The molecule has 0 amide bonds. The maximum absolute atomic E-state index is 2.37. The second-order valence-corrected chi connectivity index (χ2v) is 15.1. The molecular formula is C56H40N4+2. The lowest BCUT2D eigenvalue weighted by Gasteiger charge is -2.13. The quantitative estimate of drug-likeness (QED) is 0.137. The van der Waals surface area contributed by atoms with E-state index in [1.165, 1.54) is 44.5 Å². The highest BCUT2D eigenvalue weighted by Gasteiger charge is 2.27. The molecule has 0 aliphatic rings. The fourth-order valence-electron chi connectivity index (χ4n) is 8.79. The van der Waals surface area contributed by atoms with Crippen LogP contribution in [0.5, 0.6) is 0 Å². The molecule has 282 valence electrons. The fourth-order valence-corrected chi connectivity index (χ4v) is 8.79. The number of hydrogen-bond donors (Lipinski definition) is 0. The molecule has 0 saturated carbocycles. The molecule has 9 aromatic carbocycles. The van der Waals surface area contributed by atoms with Crippen LogP contribution in [0.15, 0.2) is 243 Å². The first-order valence-corrected chi connectivity index (χ1v) is 20.4. The van der Waals surface area contributed by atoms with Crippen LogP contribution in [0, 0.1) is 0 Å². The molecule has 0 fully saturated rings. The van der Waals surface area contributed by atoms with Crippen LogP contribution < -0.4 is 9.13 Å². The minimum atomic E-state index is 1.07. The van der Waals surface area contributed by atoms with Crippen molar-refractivity contribution in [3.05, 3.63) is 243 Å². The summed E-state index contributed by atoms with van der Waals surface area (Å²) in [5.74, 6) is 0. The van der Waals surface area contributed by atoms with Gasteiger partial charge in [-0.25, -0.2) is 0 Å². The Labute approximate surface area is 349 Å². The van der Waals surface area contributed by atoms with Crippen molar-refractivity contribution in [1.82, 2.24) is 9.13 Å². The fraction of sp³-hybridized carbons (Fsp3) is 0. The Hall–Kier alpha value is -8.08. The van der Waals surface area contributed by atoms with Gasteiger partial charge in [0.15, 0.2) is 22.1 Å². The van der Waals surface area contributed by atoms with Gasteiger partial charge in [-0.1, -0.05) is 188 Å². The van der Waals surface area contributed by atoms with Gasteiger partial charge in [0.05, 0.1) is 0 Å². The molecular weight excluding hydrogens is 729 g/mol. The van der Waals surface area contributed by atoms with Crippen LogP contribution in [0.1, 0.15) is 0 Å². The molecule has 4 heteroatoms. The average Bonchev–Trinajstić information content (AvgIpc) is 3.92. The Morgan fingerprint density at radius 2 is 0.567 bits per heavy atom. The number of benzene rings is 9. The van der Waals surface area contributed by atoms with Gasteiger partial charge in [-0.15, -0.1) is 0 Å². The molecule has 0 N–H and O–H groups in total. The Morgan fingerprint density at radius 1 is 0.267 bits per heavy atom. The van der Waals surface area contributed by atoms with Gasteiger partial charge in [0.1, 0.15) is 22.7 Å². The predicted octanol–water partition coefficient (Wildman–Crippen LogP) is 12.8. The number of aromatic nitrogens is 4. The van der Waals surface area contributed by atoms with Crippen LogP contribution in [0.2, 0.25) is 0 Å². The molecule has 2 aromatic heterocycles. The number of rotatable bonds is 8. The predicted molar refractivity (Wildman–Crippen MR) is 245 cm³/mol. The van der Waals surface area contributed by atoms with Gasteiger partial charge in [0.2, 0.25) is 0 Å². The van der Waals surface area contributed by atoms with E-state index < -0.39 is 0 Å². The third kappa shape index (κ3) is 6.10. The molecule has 2 heterocycles. The zero-order valence-electron chi connectivity index (χ0n) is 32.9. The van der Waals surface area contributed by atoms with Crippen molar-refractivity contribution >= 4 is 22.1 Å². The molecule has 0 aliphatic heterocycles. The molecule has 60 heavy (non-hydrogen) atoms. The summed E-state index contributed by atoms with van der Waals surface area (Å²) in [5, 5.41) is 0. The highest BCUT2D eigenvalue weighted by Crippen LogP contribution is 2.36. The summed E-state index contributed by atoms with van der Waals surface area (Å²) in [6.07, 6.45) is 4.52. The van der Waals surface area contributed by atoms with Gasteiger partial charge in [0.25, 0.3) is 12.7 Å². The lowest BCUT2D eigenvalue weighted by molar-refractivity contribution is -0.566. The SMILES string of the molecule is c1ccc(-c2cccc(-c3ccccc3)c2-[n+]2cn(-c3cccc(-n4c[n+](-c5c(-c6ccccc6)cccc5-c5ccccc5)c5ccccc54)c3)c3ccccc32)cc1. The minimum Gasteiger partial charge on any atom is -0.194 e. The first kappa shape index (κ1) is 35.1. The van der Waals surface area contributed by atoms with Crippen molar-refractivity contribution in [2.24, 2.45) is 0 Å². The van der Waals surface area contributed by atoms with E-state index in [-0.39, 0.29) is 0 Å². The second-order valence-electron chi connectivity index (χ2n) is 15.1. The first-order valence-electron chi connectivity index (χ1n) is 20.4. The number of nitrogens with zero attached hydrogens (tertiary/aromatic N) is 4. The summed E-state index contributed by atoms with van der Waals surface area (Å²) in [5.41, 5.74) is 18.3. The van der Waals surface area contributed by atoms with Crippen molar-refractivity contribution in [3.8, 4) is 67.3 Å². The van der Waals surface area contributed by atoms with E-state index >= 15 is 0 Å². The smallest absolute Gasteiger partial charge is 0.194 e. The largest absolute Gasteiger partial charge is 0.255 e. The van der Waals surface area contributed by atoms with Gasteiger partial charge < -0.3 is 0 Å². The van der Waals surface area contributed by atoms with E-state index in [0.717, 1.165) is 44.8 Å². The summed E-state index contributed by atoms with van der Waals surface area (Å²) in [4.78, 5) is 0. The maximum atomic E-state index is 2.37. The molecule has 0 aliphatic carbocycles. The van der Waals surface area contributed by atoms with Crippen LogP contribution in [-0.2, 0) is 0 Å². The van der Waals surface area contributed by atoms with Crippen molar-refractivity contribution < 1.29 is 9.13 Å². The number of para-hydroxylation sites is 6. The van der Waals surface area contributed by atoms with E-state index in [2.05, 4.69) is 261 Å². The van der Waals surface area contributed by atoms with Gasteiger partial charge in [-0.05, 0) is 58.7 Å². The summed E-state index contributed by atoms with van der Waals surface area (Å²) < 4.78 is 9.40. The van der Waals surface area contributed by atoms with E-state index in [0.29, 0.717) is 0 Å². The molecule has 11 rings (SSSR count). The van der Waals surface area contributed by atoms with Crippen molar-refractivity contribution in [2.75, 3.05) is 0 Å². The van der Waals surface area contributed by atoms with Crippen molar-refractivity contribution in [1.29, 1.82) is 0 Å². The minimum absolute atomic E-state index is 1.07. The summed E-state index contributed by atoms with van der Waals surface area (Å²) in [6, 6.07) is 82.4. The van der Waals surface area contributed by atoms with Gasteiger partial charge in [-0.3, -0.25) is 0 Å². The second kappa shape index (κ2) is 15.0. The van der Waals surface area contributed by atoms with E-state index in [1.54, 1.807) is 0 Å². The first-order chi connectivity index (χ1) is 29.8. The Kier molecular flexibility index (Phi) is 8.79. The Balaban J connectivity index is 1.11. The monoisotopic (exact) mass is 768 g/mol. The van der Waals surface area contributed by atoms with Crippen molar-refractivity contribution in [3.63, 3.8) is 0 Å². The summed E-state index contributed by atoms with van der Waals surface area (Å²) in [7, 11) is 0. The molecule has 11 aromatic rings.